The molecule has 20 heavy (non-hydrogen) atoms. The van der Waals surface area contributed by atoms with Crippen molar-refractivity contribution in [2.45, 2.75) is 65.0 Å². The first kappa shape index (κ1) is 16.3. The van der Waals surface area contributed by atoms with Crippen molar-refractivity contribution >= 4 is 0 Å². The van der Waals surface area contributed by atoms with E-state index in [-0.39, 0.29) is 0 Å². The molecule has 1 saturated carbocycles. The second-order valence-corrected chi connectivity index (χ2v) is 7.68. The molecule has 3 atom stereocenters. The van der Waals surface area contributed by atoms with Crippen LogP contribution in [0.3, 0.4) is 0 Å². The van der Waals surface area contributed by atoms with Crippen LogP contribution in [0.25, 0.3) is 0 Å². The summed E-state index contributed by atoms with van der Waals surface area (Å²) >= 11 is 0. The van der Waals surface area contributed by atoms with Gasteiger partial charge in [0.15, 0.2) is 0 Å². The summed E-state index contributed by atoms with van der Waals surface area (Å²) in [5.74, 6) is 0.788. The molecule has 2 aliphatic rings. The summed E-state index contributed by atoms with van der Waals surface area (Å²) < 4.78 is 5.54. The zero-order valence-corrected chi connectivity index (χ0v) is 14.0. The Morgan fingerprint density at radius 2 is 2.10 bits per heavy atom. The number of ether oxygens (including phenoxy) is 1. The summed E-state index contributed by atoms with van der Waals surface area (Å²) in [6.07, 6.45) is 6.50. The lowest BCUT2D eigenvalue weighted by atomic mass is 9.69. The van der Waals surface area contributed by atoms with Crippen LogP contribution in [0, 0.1) is 11.3 Å². The Labute approximate surface area is 125 Å². The van der Waals surface area contributed by atoms with Gasteiger partial charge < -0.3 is 15.0 Å². The van der Waals surface area contributed by atoms with Crippen LogP contribution in [0.15, 0.2) is 0 Å². The van der Waals surface area contributed by atoms with E-state index in [0.717, 1.165) is 25.7 Å². The van der Waals surface area contributed by atoms with Gasteiger partial charge in [0, 0.05) is 25.2 Å². The molecule has 0 radical (unpaired) electrons. The summed E-state index contributed by atoms with van der Waals surface area (Å²) in [7, 11) is 2.29. The summed E-state index contributed by atoms with van der Waals surface area (Å²) in [6, 6.07) is 1.36. The Morgan fingerprint density at radius 3 is 2.75 bits per heavy atom. The van der Waals surface area contributed by atoms with Gasteiger partial charge in [0.25, 0.3) is 0 Å². The van der Waals surface area contributed by atoms with Gasteiger partial charge in [-0.3, -0.25) is 0 Å². The molecule has 3 heteroatoms. The number of likely N-dealkylation sites (N-methyl/N-ethyl adjacent to an activating group) is 1. The highest BCUT2D eigenvalue weighted by molar-refractivity contribution is 4.91. The van der Waals surface area contributed by atoms with E-state index in [1.165, 1.54) is 38.6 Å². The minimum absolute atomic E-state index is 0.516. The van der Waals surface area contributed by atoms with Crippen LogP contribution in [0.2, 0.25) is 0 Å². The second-order valence-electron chi connectivity index (χ2n) is 7.68. The normalized spacial score (nSPS) is 33.8. The molecule has 0 bridgehead atoms. The Kier molecular flexibility index (Phi) is 5.88. The molecule has 0 aromatic rings. The first-order valence-electron chi connectivity index (χ1n) is 8.53. The van der Waals surface area contributed by atoms with Crippen molar-refractivity contribution in [3.8, 4) is 0 Å². The fourth-order valence-electron chi connectivity index (χ4n) is 3.91. The van der Waals surface area contributed by atoms with Crippen LogP contribution in [0.1, 0.15) is 52.9 Å². The average Bonchev–Trinajstić information content (AvgIpc) is 2.91. The van der Waals surface area contributed by atoms with Crippen molar-refractivity contribution in [1.82, 2.24) is 10.2 Å². The molecule has 1 saturated heterocycles. The van der Waals surface area contributed by atoms with Crippen molar-refractivity contribution in [3.63, 3.8) is 0 Å². The minimum Gasteiger partial charge on any atom is -0.380 e. The van der Waals surface area contributed by atoms with Gasteiger partial charge in [0.1, 0.15) is 0 Å². The lowest BCUT2D eigenvalue weighted by molar-refractivity contribution is 0.0879. The first-order chi connectivity index (χ1) is 9.52. The predicted molar refractivity (Wildman–Crippen MR) is 85.1 cm³/mol. The fourth-order valence-corrected chi connectivity index (χ4v) is 3.91. The first-order valence-corrected chi connectivity index (χ1v) is 8.53. The standard InChI is InChI=1S/C17H34N2O/c1-5-9-18-16-6-8-17(2,3)11-14(16)12-19(4)15-7-10-20-13-15/h14-16,18H,5-13H2,1-4H3. The van der Waals surface area contributed by atoms with Crippen LogP contribution in [0.5, 0.6) is 0 Å². The third-order valence-corrected chi connectivity index (χ3v) is 5.22. The molecule has 118 valence electrons. The Morgan fingerprint density at radius 1 is 1.30 bits per heavy atom. The van der Waals surface area contributed by atoms with Gasteiger partial charge in [-0.05, 0) is 57.0 Å². The lowest BCUT2D eigenvalue weighted by Crippen LogP contribution is -2.48. The van der Waals surface area contributed by atoms with Gasteiger partial charge >= 0.3 is 0 Å². The summed E-state index contributed by atoms with van der Waals surface area (Å²) in [5, 5.41) is 3.80. The molecule has 2 rings (SSSR count). The number of hydrogen-bond donors (Lipinski definition) is 1. The van der Waals surface area contributed by atoms with Crippen molar-refractivity contribution < 1.29 is 4.74 Å². The molecule has 0 aromatic carbocycles. The van der Waals surface area contributed by atoms with Crippen LogP contribution in [-0.2, 0) is 4.74 Å². The Hall–Kier alpha value is -0.120. The van der Waals surface area contributed by atoms with Gasteiger partial charge in [-0.2, -0.15) is 0 Å². The molecule has 3 unspecified atom stereocenters. The average molecular weight is 282 g/mol. The van der Waals surface area contributed by atoms with Gasteiger partial charge in [0.2, 0.25) is 0 Å². The fraction of sp³-hybridized carbons (Fsp3) is 1.00. The number of rotatable bonds is 6. The van der Waals surface area contributed by atoms with Crippen molar-refractivity contribution in [2.75, 3.05) is 33.4 Å². The van der Waals surface area contributed by atoms with E-state index in [2.05, 4.69) is 38.0 Å². The van der Waals surface area contributed by atoms with Crippen LogP contribution in [0.4, 0.5) is 0 Å². The lowest BCUT2D eigenvalue weighted by Gasteiger charge is -2.43. The zero-order chi connectivity index (χ0) is 14.6. The third kappa shape index (κ3) is 4.44. The highest BCUT2D eigenvalue weighted by Crippen LogP contribution is 2.39. The summed E-state index contributed by atoms with van der Waals surface area (Å²) in [4.78, 5) is 2.56. The Bertz CT molecular complexity index is 287. The van der Waals surface area contributed by atoms with Crippen LogP contribution in [-0.4, -0.2) is 50.3 Å². The van der Waals surface area contributed by atoms with Crippen LogP contribution < -0.4 is 5.32 Å². The van der Waals surface area contributed by atoms with E-state index in [4.69, 9.17) is 4.74 Å². The van der Waals surface area contributed by atoms with Crippen molar-refractivity contribution in [1.29, 1.82) is 0 Å². The van der Waals surface area contributed by atoms with E-state index >= 15 is 0 Å². The van der Waals surface area contributed by atoms with Crippen molar-refractivity contribution in [3.05, 3.63) is 0 Å². The van der Waals surface area contributed by atoms with Crippen molar-refractivity contribution in [2.24, 2.45) is 11.3 Å². The number of nitrogens with one attached hydrogen (secondary N) is 1. The predicted octanol–water partition coefficient (Wildman–Crippen LogP) is 2.90. The van der Waals surface area contributed by atoms with Crippen LogP contribution >= 0.6 is 0 Å². The molecule has 1 heterocycles. The smallest absolute Gasteiger partial charge is 0.0622 e. The number of hydrogen-bond acceptors (Lipinski definition) is 3. The van der Waals surface area contributed by atoms with E-state index in [0.29, 0.717) is 17.5 Å². The molecule has 1 N–H and O–H groups in total. The largest absolute Gasteiger partial charge is 0.380 e. The quantitative estimate of drug-likeness (QED) is 0.811. The highest BCUT2D eigenvalue weighted by atomic mass is 16.5. The van der Waals surface area contributed by atoms with Gasteiger partial charge in [-0.1, -0.05) is 20.8 Å². The Balaban J connectivity index is 1.91. The van der Waals surface area contributed by atoms with Gasteiger partial charge in [-0.15, -0.1) is 0 Å². The van der Waals surface area contributed by atoms with Gasteiger partial charge in [-0.25, -0.2) is 0 Å². The number of nitrogens with zero attached hydrogens (tertiary/aromatic N) is 1. The summed E-state index contributed by atoms with van der Waals surface area (Å²) in [5.41, 5.74) is 0.516. The monoisotopic (exact) mass is 282 g/mol. The van der Waals surface area contributed by atoms with Gasteiger partial charge in [0.05, 0.1) is 6.61 Å². The molecule has 1 aliphatic heterocycles. The molecular formula is C17H34N2O. The maximum atomic E-state index is 5.54. The molecule has 1 aliphatic carbocycles. The van der Waals surface area contributed by atoms with E-state index in [1.807, 2.05) is 0 Å². The molecule has 0 aromatic heterocycles. The highest BCUT2D eigenvalue weighted by Gasteiger charge is 2.36. The van der Waals surface area contributed by atoms with E-state index < -0.39 is 0 Å². The molecule has 0 spiro atoms. The topological polar surface area (TPSA) is 24.5 Å². The SMILES string of the molecule is CCCNC1CCC(C)(C)CC1CN(C)C1CCOC1. The molecular weight excluding hydrogens is 248 g/mol. The second kappa shape index (κ2) is 7.24. The molecule has 0 amide bonds. The third-order valence-electron chi connectivity index (χ3n) is 5.22. The minimum atomic E-state index is 0.516. The molecule has 2 fully saturated rings. The molecule has 3 nitrogen and oxygen atoms in total. The van der Waals surface area contributed by atoms with E-state index in [1.54, 1.807) is 0 Å². The van der Waals surface area contributed by atoms with E-state index in [9.17, 15) is 0 Å². The maximum absolute atomic E-state index is 5.54. The summed E-state index contributed by atoms with van der Waals surface area (Å²) in [6.45, 7) is 11.4. The zero-order valence-electron chi connectivity index (χ0n) is 14.0. The maximum Gasteiger partial charge on any atom is 0.0622 e.